The van der Waals surface area contributed by atoms with Crippen molar-refractivity contribution in [2.75, 3.05) is 17.3 Å². The number of carbonyl (C=O) groups is 1. The van der Waals surface area contributed by atoms with Crippen LogP contribution in [0.1, 0.15) is 11.3 Å². The molecule has 3 rings (SSSR count). The first-order valence-corrected chi connectivity index (χ1v) is 8.95. The molecular formula is C21H19N5O4. The van der Waals surface area contributed by atoms with Crippen LogP contribution in [0.2, 0.25) is 0 Å². The van der Waals surface area contributed by atoms with Crippen molar-refractivity contribution < 1.29 is 14.8 Å². The number of nitrogens with zero attached hydrogens (tertiary/aromatic N) is 4. The van der Waals surface area contributed by atoms with Crippen molar-refractivity contribution in [2.45, 2.75) is 6.92 Å². The van der Waals surface area contributed by atoms with Crippen LogP contribution in [-0.2, 0) is 4.79 Å². The van der Waals surface area contributed by atoms with E-state index in [2.05, 4.69) is 15.3 Å². The van der Waals surface area contributed by atoms with E-state index in [0.29, 0.717) is 11.3 Å². The Kier molecular flexibility index (Phi) is 6.02. The molecule has 0 radical (unpaired) electrons. The Labute approximate surface area is 172 Å². The monoisotopic (exact) mass is 405 g/mol. The predicted octanol–water partition coefficient (Wildman–Crippen LogP) is 4.30. The van der Waals surface area contributed by atoms with Gasteiger partial charge in [0.2, 0.25) is 11.8 Å². The second kappa shape index (κ2) is 8.82. The average Bonchev–Trinajstić information content (AvgIpc) is 2.72. The van der Waals surface area contributed by atoms with Gasteiger partial charge in [-0.2, -0.15) is 4.98 Å². The van der Waals surface area contributed by atoms with Crippen LogP contribution < -0.4 is 10.2 Å². The van der Waals surface area contributed by atoms with Crippen LogP contribution in [0.3, 0.4) is 0 Å². The Balaban J connectivity index is 1.99. The van der Waals surface area contributed by atoms with Gasteiger partial charge in [-0.05, 0) is 42.8 Å². The molecule has 1 heterocycles. The summed E-state index contributed by atoms with van der Waals surface area (Å²) in [5, 5.41) is 23.5. The second-order valence-electron chi connectivity index (χ2n) is 6.38. The third kappa shape index (κ3) is 4.76. The first kappa shape index (κ1) is 20.5. The highest BCUT2D eigenvalue weighted by Crippen LogP contribution is 2.33. The van der Waals surface area contributed by atoms with Gasteiger partial charge in [-0.3, -0.25) is 10.1 Å². The molecule has 0 saturated carbocycles. The number of nitrogens with one attached hydrogen (secondary N) is 1. The number of hydrogen-bond acceptors (Lipinski definition) is 7. The molecule has 0 fully saturated rings. The molecule has 9 nitrogen and oxygen atoms in total. The van der Waals surface area contributed by atoms with Crippen LogP contribution in [-0.4, -0.2) is 33.0 Å². The molecule has 1 aromatic heterocycles. The summed E-state index contributed by atoms with van der Waals surface area (Å²) in [6, 6.07) is 16.2. The van der Waals surface area contributed by atoms with Gasteiger partial charge < -0.3 is 15.3 Å². The van der Waals surface area contributed by atoms with Gasteiger partial charge in [0.05, 0.1) is 4.92 Å². The fraction of sp³-hybridized carbons (Fsp3) is 0.0952. The largest absolute Gasteiger partial charge is 0.478 e. The van der Waals surface area contributed by atoms with Crippen molar-refractivity contribution in [1.82, 2.24) is 9.97 Å². The van der Waals surface area contributed by atoms with Gasteiger partial charge >= 0.3 is 11.7 Å². The van der Waals surface area contributed by atoms with Crippen molar-refractivity contribution >= 4 is 40.9 Å². The molecule has 0 spiro atoms. The molecular weight excluding hydrogens is 386 g/mol. The highest BCUT2D eigenvalue weighted by molar-refractivity contribution is 5.85. The number of para-hydroxylation sites is 1. The van der Waals surface area contributed by atoms with E-state index in [1.165, 1.54) is 6.08 Å². The van der Waals surface area contributed by atoms with E-state index < -0.39 is 10.9 Å². The summed E-state index contributed by atoms with van der Waals surface area (Å²) in [5.74, 6) is -0.699. The van der Waals surface area contributed by atoms with Gasteiger partial charge in [0.1, 0.15) is 5.69 Å². The summed E-state index contributed by atoms with van der Waals surface area (Å²) in [6.45, 7) is 1.55. The molecule has 3 aromatic rings. The molecule has 9 heteroatoms. The highest BCUT2D eigenvalue weighted by Gasteiger charge is 2.25. The van der Waals surface area contributed by atoms with Gasteiger partial charge in [0.15, 0.2) is 0 Å². The Morgan fingerprint density at radius 1 is 1.17 bits per heavy atom. The average molecular weight is 405 g/mol. The minimum atomic E-state index is -1.05. The molecule has 30 heavy (non-hydrogen) atoms. The van der Waals surface area contributed by atoms with E-state index in [1.807, 2.05) is 30.3 Å². The Morgan fingerprint density at radius 2 is 1.90 bits per heavy atom. The maximum atomic E-state index is 11.6. The van der Waals surface area contributed by atoms with Crippen LogP contribution in [0, 0.1) is 17.0 Å². The first-order valence-electron chi connectivity index (χ1n) is 8.95. The molecule has 0 aliphatic heterocycles. The lowest BCUT2D eigenvalue weighted by Crippen LogP contribution is -2.16. The van der Waals surface area contributed by atoms with E-state index in [-0.39, 0.29) is 23.1 Å². The summed E-state index contributed by atoms with van der Waals surface area (Å²) in [5.41, 5.74) is 2.07. The standard InChI is InChI=1S/C21H19N5O4/c1-14-19(26(29)30)20(25(2)17-9-4-3-5-10-17)24-21(22-14)23-16-8-6-7-15(13-16)11-12-18(27)28/h3-13H,1-2H3,(H,27,28)(H,22,23,24). The third-order valence-corrected chi connectivity index (χ3v) is 4.24. The van der Waals surface area contributed by atoms with E-state index in [1.54, 1.807) is 43.1 Å². The van der Waals surface area contributed by atoms with Gasteiger partial charge in [-0.25, -0.2) is 9.78 Å². The summed E-state index contributed by atoms with van der Waals surface area (Å²) < 4.78 is 0. The number of aryl methyl sites for hydroxylation is 1. The molecule has 0 unspecified atom stereocenters. The van der Waals surface area contributed by atoms with Gasteiger partial charge in [-0.1, -0.05) is 30.3 Å². The number of anilines is 4. The molecule has 2 aromatic carbocycles. The summed E-state index contributed by atoms with van der Waals surface area (Å²) in [4.78, 5) is 32.1. The number of aromatic nitrogens is 2. The fourth-order valence-corrected chi connectivity index (χ4v) is 2.85. The quantitative estimate of drug-likeness (QED) is 0.339. The van der Waals surface area contributed by atoms with Crippen molar-refractivity contribution in [3.8, 4) is 0 Å². The lowest BCUT2D eigenvalue weighted by atomic mass is 10.2. The van der Waals surface area contributed by atoms with Gasteiger partial charge in [0, 0.05) is 24.5 Å². The number of carboxylic acid groups (broad SMARTS) is 1. The van der Waals surface area contributed by atoms with E-state index in [4.69, 9.17) is 5.11 Å². The number of rotatable bonds is 7. The van der Waals surface area contributed by atoms with E-state index >= 15 is 0 Å². The molecule has 0 atom stereocenters. The molecule has 0 bridgehead atoms. The normalized spacial score (nSPS) is 10.7. The van der Waals surface area contributed by atoms with Crippen molar-refractivity contribution in [3.63, 3.8) is 0 Å². The highest BCUT2D eigenvalue weighted by atomic mass is 16.6. The molecule has 0 aliphatic carbocycles. The number of benzene rings is 2. The zero-order valence-electron chi connectivity index (χ0n) is 16.3. The van der Waals surface area contributed by atoms with Crippen LogP contribution in [0.5, 0.6) is 0 Å². The maximum absolute atomic E-state index is 11.6. The molecule has 0 amide bonds. The van der Waals surface area contributed by atoms with Crippen LogP contribution in [0.25, 0.3) is 6.08 Å². The molecule has 0 aliphatic rings. The number of aliphatic carboxylic acids is 1. The Bertz CT molecular complexity index is 1120. The van der Waals surface area contributed by atoms with E-state index in [9.17, 15) is 14.9 Å². The third-order valence-electron chi connectivity index (χ3n) is 4.24. The zero-order chi connectivity index (χ0) is 21.7. The Hall–Kier alpha value is -4.27. The Morgan fingerprint density at radius 3 is 2.57 bits per heavy atom. The summed E-state index contributed by atoms with van der Waals surface area (Å²) in [7, 11) is 1.70. The van der Waals surface area contributed by atoms with Gasteiger partial charge in [0.25, 0.3) is 0 Å². The summed E-state index contributed by atoms with van der Waals surface area (Å²) >= 11 is 0. The summed E-state index contributed by atoms with van der Waals surface area (Å²) in [6.07, 6.45) is 2.50. The topological polar surface area (TPSA) is 121 Å². The number of nitro groups is 1. The van der Waals surface area contributed by atoms with Crippen LogP contribution in [0.4, 0.5) is 28.8 Å². The lowest BCUT2D eigenvalue weighted by molar-refractivity contribution is -0.385. The van der Waals surface area contributed by atoms with Crippen molar-refractivity contribution in [3.05, 3.63) is 82.0 Å². The zero-order valence-corrected chi connectivity index (χ0v) is 16.3. The second-order valence-corrected chi connectivity index (χ2v) is 6.38. The first-order chi connectivity index (χ1) is 14.3. The van der Waals surface area contributed by atoms with Gasteiger partial charge in [-0.15, -0.1) is 0 Å². The molecule has 152 valence electrons. The minimum absolute atomic E-state index is 0.156. The smallest absolute Gasteiger partial charge is 0.333 e. The predicted molar refractivity (Wildman–Crippen MR) is 114 cm³/mol. The molecule has 0 saturated heterocycles. The maximum Gasteiger partial charge on any atom is 0.333 e. The van der Waals surface area contributed by atoms with Crippen LogP contribution in [0.15, 0.2) is 60.7 Å². The van der Waals surface area contributed by atoms with Crippen LogP contribution >= 0.6 is 0 Å². The SMILES string of the molecule is Cc1nc(Nc2cccc(C=CC(=O)O)c2)nc(N(C)c2ccccc2)c1[N+](=O)[O-]. The van der Waals surface area contributed by atoms with Crippen molar-refractivity contribution in [1.29, 1.82) is 0 Å². The fourth-order valence-electron chi connectivity index (χ4n) is 2.85. The molecule has 2 N–H and O–H groups in total. The van der Waals surface area contributed by atoms with Crippen molar-refractivity contribution in [2.24, 2.45) is 0 Å². The minimum Gasteiger partial charge on any atom is -0.478 e. The number of hydrogen-bond donors (Lipinski definition) is 2. The lowest BCUT2D eigenvalue weighted by Gasteiger charge is -2.19. The number of carboxylic acids is 1. The van der Waals surface area contributed by atoms with E-state index in [0.717, 1.165) is 11.8 Å².